The van der Waals surface area contributed by atoms with Crippen molar-refractivity contribution in [3.8, 4) is 0 Å². The van der Waals surface area contributed by atoms with E-state index in [1.54, 1.807) is 18.4 Å². The topological polar surface area (TPSA) is 39.2 Å². The van der Waals surface area contributed by atoms with Crippen LogP contribution in [-0.4, -0.2) is 24.0 Å². The SMILES string of the molecule is COC(C)CC(=O)Cc1nc(C)c(C)s1. The molecule has 3 nitrogen and oxygen atoms in total. The quantitative estimate of drug-likeness (QED) is 0.774. The number of aromatic nitrogens is 1. The van der Waals surface area contributed by atoms with E-state index in [-0.39, 0.29) is 11.9 Å². The normalized spacial score (nSPS) is 12.8. The van der Waals surface area contributed by atoms with Crippen LogP contribution in [0.1, 0.15) is 28.9 Å². The molecule has 1 unspecified atom stereocenters. The minimum absolute atomic E-state index is 0.000318. The molecule has 0 aromatic carbocycles. The van der Waals surface area contributed by atoms with E-state index in [1.165, 1.54) is 4.88 Å². The van der Waals surface area contributed by atoms with E-state index in [2.05, 4.69) is 4.98 Å². The molecule has 15 heavy (non-hydrogen) atoms. The Kier molecular flexibility index (Phi) is 4.42. The summed E-state index contributed by atoms with van der Waals surface area (Å²) in [5.74, 6) is 0.193. The highest BCUT2D eigenvalue weighted by molar-refractivity contribution is 7.11. The van der Waals surface area contributed by atoms with Gasteiger partial charge < -0.3 is 4.74 Å². The second-order valence-corrected chi connectivity index (χ2v) is 5.00. The Morgan fingerprint density at radius 2 is 2.20 bits per heavy atom. The van der Waals surface area contributed by atoms with Gasteiger partial charge in [-0.2, -0.15) is 0 Å². The Morgan fingerprint density at radius 3 is 2.67 bits per heavy atom. The molecular weight excluding hydrogens is 210 g/mol. The van der Waals surface area contributed by atoms with E-state index in [9.17, 15) is 4.79 Å². The van der Waals surface area contributed by atoms with Crippen molar-refractivity contribution in [1.29, 1.82) is 0 Å². The number of ketones is 1. The molecule has 0 N–H and O–H groups in total. The second-order valence-electron chi connectivity index (χ2n) is 3.72. The fraction of sp³-hybridized carbons (Fsp3) is 0.636. The van der Waals surface area contributed by atoms with Crippen LogP contribution in [0.4, 0.5) is 0 Å². The van der Waals surface area contributed by atoms with Crippen molar-refractivity contribution in [3.05, 3.63) is 15.6 Å². The maximum absolute atomic E-state index is 11.6. The second kappa shape index (κ2) is 5.37. The van der Waals surface area contributed by atoms with E-state index < -0.39 is 0 Å². The van der Waals surface area contributed by atoms with E-state index in [1.807, 2.05) is 20.8 Å². The number of rotatable bonds is 5. The number of nitrogens with zero attached hydrogens (tertiary/aromatic N) is 1. The molecule has 0 amide bonds. The largest absolute Gasteiger partial charge is 0.381 e. The predicted octanol–water partition coefficient (Wildman–Crippen LogP) is 2.30. The summed E-state index contributed by atoms with van der Waals surface area (Å²) in [6.07, 6.45) is 0.904. The Labute approximate surface area is 94.5 Å². The molecule has 1 atom stereocenters. The summed E-state index contributed by atoms with van der Waals surface area (Å²) in [6, 6.07) is 0. The standard InChI is InChI=1S/C11H17NO2S/c1-7(14-4)5-10(13)6-11-12-8(2)9(3)15-11/h7H,5-6H2,1-4H3. The molecule has 84 valence electrons. The van der Waals surface area contributed by atoms with Crippen LogP contribution in [0.3, 0.4) is 0 Å². The molecular formula is C11H17NO2S. The average molecular weight is 227 g/mol. The van der Waals surface area contributed by atoms with Gasteiger partial charge in [-0.15, -0.1) is 11.3 Å². The molecule has 1 aromatic rings. The Bertz CT molecular complexity index is 327. The zero-order valence-electron chi connectivity index (χ0n) is 9.66. The van der Waals surface area contributed by atoms with E-state index in [0.717, 1.165) is 10.7 Å². The van der Waals surface area contributed by atoms with Gasteiger partial charge in [0.2, 0.25) is 0 Å². The van der Waals surface area contributed by atoms with Gasteiger partial charge in [0.05, 0.1) is 18.2 Å². The van der Waals surface area contributed by atoms with Gasteiger partial charge in [-0.05, 0) is 20.8 Å². The molecule has 0 fully saturated rings. The Balaban J connectivity index is 2.51. The van der Waals surface area contributed by atoms with Gasteiger partial charge in [0.25, 0.3) is 0 Å². The van der Waals surface area contributed by atoms with Gasteiger partial charge in [-0.25, -0.2) is 4.98 Å². The van der Waals surface area contributed by atoms with Crippen LogP contribution in [-0.2, 0) is 16.0 Å². The molecule has 4 heteroatoms. The molecule has 0 aliphatic carbocycles. The summed E-state index contributed by atoms with van der Waals surface area (Å²) in [6.45, 7) is 5.90. The molecule has 1 heterocycles. The zero-order valence-corrected chi connectivity index (χ0v) is 10.5. The van der Waals surface area contributed by atoms with Crippen LogP contribution in [0.5, 0.6) is 0 Å². The summed E-state index contributed by atoms with van der Waals surface area (Å²) in [5, 5.41) is 0.915. The number of hydrogen-bond donors (Lipinski definition) is 0. The van der Waals surface area contributed by atoms with Crippen molar-refractivity contribution in [3.63, 3.8) is 0 Å². The third-order valence-electron chi connectivity index (χ3n) is 2.34. The maximum atomic E-state index is 11.6. The summed E-state index contributed by atoms with van der Waals surface area (Å²) < 4.78 is 5.05. The Hall–Kier alpha value is -0.740. The number of carbonyl (C=O) groups excluding carboxylic acids is 1. The smallest absolute Gasteiger partial charge is 0.142 e. The number of ether oxygens (including phenoxy) is 1. The zero-order chi connectivity index (χ0) is 11.4. The maximum Gasteiger partial charge on any atom is 0.142 e. The van der Waals surface area contributed by atoms with Crippen molar-refractivity contribution < 1.29 is 9.53 Å². The lowest BCUT2D eigenvalue weighted by atomic mass is 10.1. The van der Waals surface area contributed by atoms with E-state index >= 15 is 0 Å². The molecule has 0 saturated carbocycles. The van der Waals surface area contributed by atoms with Gasteiger partial charge in [0, 0.05) is 18.4 Å². The number of hydrogen-bond acceptors (Lipinski definition) is 4. The minimum atomic E-state index is -0.000318. The molecule has 1 aromatic heterocycles. The highest BCUT2D eigenvalue weighted by Gasteiger charge is 2.12. The summed E-state index contributed by atoms with van der Waals surface area (Å²) >= 11 is 1.60. The third-order valence-corrected chi connectivity index (χ3v) is 3.41. The number of carbonyl (C=O) groups is 1. The van der Waals surface area contributed by atoms with E-state index in [4.69, 9.17) is 4.74 Å². The number of aryl methyl sites for hydroxylation is 2. The van der Waals surface area contributed by atoms with Crippen molar-refractivity contribution in [2.75, 3.05) is 7.11 Å². The van der Waals surface area contributed by atoms with Crippen LogP contribution in [0.15, 0.2) is 0 Å². The van der Waals surface area contributed by atoms with Gasteiger partial charge in [0.1, 0.15) is 10.8 Å². The highest BCUT2D eigenvalue weighted by atomic mass is 32.1. The van der Waals surface area contributed by atoms with Crippen molar-refractivity contribution in [2.24, 2.45) is 0 Å². The minimum Gasteiger partial charge on any atom is -0.381 e. The van der Waals surface area contributed by atoms with Crippen LogP contribution in [0.25, 0.3) is 0 Å². The molecule has 0 saturated heterocycles. The summed E-state index contributed by atoms with van der Waals surface area (Å²) in [5.41, 5.74) is 1.03. The Morgan fingerprint density at radius 1 is 1.53 bits per heavy atom. The van der Waals surface area contributed by atoms with Crippen molar-refractivity contribution in [2.45, 2.75) is 39.7 Å². The average Bonchev–Trinajstić information content (AvgIpc) is 2.45. The molecule has 0 bridgehead atoms. The fourth-order valence-electron chi connectivity index (χ4n) is 1.26. The van der Waals surface area contributed by atoms with Gasteiger partial charge in [-0.3, -0.25) is 4.79 Å². The summed E-state index contributed by atoms with van der Waals surface area (Å²) in [7, 11) is 1.62. The van der Waals surface area contributed by atoms with Crippen LogP contribution < -0.4 is 0 Å². The first-order valence-electron chi connectivity index (χ1n) is 5.00. The number of Topliss-reactive ketones (excluding diaryl/α,β-unsaturated/α-hetero) is 1. The first kappa shape index (κ1) is 12.3. The lowest BCUT2D eigenvalue weighted by molar-refractivity contribution is -0.120. The lowest BCUT2D eigenvalue weighted by Gasteiger charge is -2.06. The predicted molar refractivity (Wildman–Crippen MR) is 61.4 cm³/mol. The molecule has 0 radical (unpaired) electrons. The van der Waals surface area contributed by atoms with Crippen LogP contribution in [0, 0.1) is 13.8 Å². The number of methoxy groups -OCH3 is 1. The first-order valence-corrected chi connectivity index (χ1v) is 5.82. The molecule has 0 spiro atoms. The number of thiazole rings is 1. The van der Waals surface area contributed by atoms with E-state index in [0.29, 0.717) is 12.8 Å². The first-order chi connectivity index (χ1) is 7.02. The monoisotopic (exact) mass is 227 g/mol. The van der Waals surface area contributed by atoms with Gasteiger partial charge in [0.15, 0.2) is 0 Å². The fourth-order valence-corrected chi connectivity index (χ4v) is 2.22. The lowest BCUT2D eigenvalue weighted by Crippen LogP contribution is -2.13. The van der Waals surface area contributed by atoms with Crippen molar-refractivity contribution in [1.82, 2.24) is 4.98 Å². The molecule has 0 aliphatic rings. The van der Waals surface area contributed by atoms with Crippen LogP contribution >= 0.6 is 11.3 Å². The van der Waals surface area contributed by atoms with Gasteiger partial charge in [-0.1, -0.05) is 0 Å². The third kappa shape index (κ3) is 3.72. The highest BCUT2D eigenvalue weighted by Crippen LogP contribution is 2.17. The van der Waals surface area contributed by atoms with Crippen LogP contribution in [0.2, 0.25) is 0 Å². The summed E-state index contributed by atoms with van der Waals surface area (Å²) in [4.78, 5) is 17.1. The molecule has 1 rings (SSSR count). The van der Waals surface area contributed by atoms with Crippen molar-refractivity contribution >= 4 is 17.1 Å². The van der Waals surface area contributed by atoms with Gasteiger partial charge >= 0.3 is 0 Å². The molecule has 0 aliphatic heterocycles.